The van der Waals surface area contributed by atoms with E-state index in [1.165, 1.54) is 12.0 Å². The summed E-state index contributed by atoms with van der Waals surface area (Å²) in [6.07, 6.45) is 0. The second-order valence-electron chi connectivity index (χ2n) is 9.20. The van der Waals surface area contributed by atoms with Crippen LogP contribution in [0.5, 0.6) is 5.75 Å². The molecule has 0 atom stereocenters. The number of imide groups is 1. The summed E-state index contributed by atoms with van der Waals surface area (Å²) in [5.74, 6) is -0.122. The van der Waals surface area contributed by atoms with Gasteiger partial charge in [-0.15, -0.1) is 0 Å². The van der Waals surface area contributed by atoms with E-state index in [0.29, 0.717) is 16.7 Å². The van der Waals surface area contributed by atoms with Crippen molar-refractivity contribution in [2.45, 2.75) is 13.1 Å². The van der Waals surface area contributed by atoms with Crippen LogP contribution in [0.3, 0.4) is 0 Å². The summed E-state index contributed by atoms with van der Waals surface area (Å²) in [7, 11) is 2.98. The van der Waals surface area contributed by atoms with Gasteiger partial charge in [-0.05, 0) is 47.5 Å². The fraction of sp³-hybridized carbons (Fsp3) is 0.276. The number of carbonyl (C=O) groups excluding carboxylic acids is 3. The van der Waals surface area contributed by atoms with Crippen LogP contribution in [-0.4, -0.2) is 68.0 Å². The van der Waals surface area contributed by atoms with E-state index in [4.69, 9.17) is 9.47 Å². The Labute approximate surface area is 216 Å². The molecule has 3 aromatic rings. The molecule has 2 amide bonds. The van der Waals surface area contributed by atoms with Gasteiger partial charge in [0.2, 0.25) is 0 Å². The molecule has 0 aromatic heterocycles. The molecule has 3 aromatic carbocycles. The number of anilines is 1. The first kappa shape index (κ1) is 24.5. The number of amides is 2. The number of fused-ring (bicyclic) bond motifs is 1. The molecular weight excluding hydrogens is 470 g/mol. The van der Waals surface area contributed by atoms with Gasteiger partial charge < -0.3 is 14.4 Å². The number of hydrogen-bond donors (Lipinski definition) is 0. The molecule has 0 unspecified atom stereocenters. The highest BCUT2D eigenvalue weighted by Gasteiger charge is 2.38. The summed E-state index contributed by atoms with van der Waals surface area (Å²) in [4.78, 5) is 44.1. The Hall–Kier alpha value is -4.17. The molecule has 8 nitrogen and oxygen atoms in total. The zero-order chi connectivity index (χ0) is 25.9. The Bertz CT molecular complexity index is 1310. The van der Waals surface area contributed by atoms with Crippen molar-refractivity contribution in [1.29, 1.82) is 0 Å². The summed E-state index contributed by atoms with van der Waals surface area (Å²) in [5, 5.41) is 0. The van der Waals surface area contributed by atoms with Crippen molar-refractivity contribution >= 4 is 23.5 Å². The molecule has 0 bridgehead atoms. The fourth-order valence-electron chi connectivity index (χ4n) is 4.91. The highest BCUT2D eigenvalue weighted by molar-refractivity contribution is 6.23. The second-order valence-corrected chi connectivity index (χ2v) is 9.20. The molecule has 2 heterocycles. The topological polar surface area (TPSA) is 79.4 Å². The van der Waals surface area contributed by atoms with Crippen molar-refractivity contribution in [1.82, 2.24) is 9.80 Å². The van der Waals surface area contributed by atoms with Crippen molar-refractivity contribution in [2.24, 2.45) is 0 Å². The van der Waals surface area contributed by atoms with Gasteiger partial charge in [0.15, 0.2) is 0 Å². The molecule has 1 saturated heterocycles. The largest absolute Gasteiger partial charge is 0.497 e. The van der Waals surface area contributed by atoms with Gasteiger partial charge in [-0.3, -0.25) is 19.4 Å². The third kappa shape index (κ3) is 4.93. The van der Waals surface area contributed by atoms with Crippen LogP contribution in [0, 0.1) is 0 Å². The summed E-state index contributed by atoms with van der Waals surface area (Å²) in [6, 6.07) is 20.4. The molecule has 5 rings (SSSR count). The minimum Gasteiger partial charge on any atom is -0.497 e. The van der Waals surface area contributed by atoms with E-state index in [2.05, 4.69) is 9.80 Å². The number of nitrogens with zero attached hydrogens (tertiary/aromatic N) is 3. The second kappa shape index (κ2) is 10.4. The van der Waals surface area contributed by atoms with Crippen LogP contribution in [0.4, 0.5) is 5.69 Å². The van der Waals surface area contributed by atoms with E-state index in [9.17, 15) is 14.4 Å². The summed E-state index contributed by atoms with van der Waals surface area (Å²) in [6.45, 7) is 4.13. The Morgan fingerprint density at radius 1 is 0.784 bits per heavy atom. The number of benzene rings is 3. The molecule has 0 spiro atoms. The zero-order valence-corrected chi connectivity index (χ0v) is 21.0. The molecule has 0 radical (unpaired) electrons. The maximum Gasteiger partial charge on any atom is 0.337 e. The van der Waals surface area contributed by atoms with Crippen LogP contribution in [0.1, 0.15) is 42.2 Å². The molecule has 2 aliphatic rings. The first-order valence-corrected chi connectivity index (χ1v) is 12.2. The molecule has 37 heavy (non-hydrogen) atoms. The van der Waals surface area contributed by atoms with Gasteiger partial charge >= 0.3 is 5.97 Å². The molecule has 2 aliphatic heterocycles. The van der Waals surface area contributed by atoms with E-state index in [1.807, 2.05) is 48.5 Å². The van der Waals surface area contributed by atoms with Crippen molar-refractivity contribution < 1.29 is 23.9 Å². The van der Waals surface area contributed by atoms with E-state index in [1.54, 1.807) is 25.3 Å². The third-order valence-electron chi connectivity index (χ3n) is 6.97. The van der Waals surface area contributed by atoms with Crippen molar-refractivity contribution in [3.8, 4) is 5.75 Å². The van der Waals surface area contributed by atoms with Crippen LogP contribution in [0.25, 0.3) is 0 Å². The smallest absolute Gasteiger partial charge is 0.337 e. The maximum atomic E-state index is 13.4. The zero-order valence-electron chi connectivity index (χ0n) is 21.0. The van der Waals surface area contributed by atoms with Crippen LogP contribution >= 0.6 is 0 Å². The minimum absolute atomic E-state index is 0.221. The predicted molar refractivity (Wildman–Crippen MR) is 139 cm³/mol. The first-order chi connectivity index (χ1) is 18.0. The van der Waals surface area contributed by atoms with E-state index in [-0.39, 0.29) is 24.3 Å². The Balaban J connectivity index is 1.25. The van der Waals surface area contributed by atoms with Gasteiger partial charge in [-0.25, -0.2) is 4.79 Å². The van der Waals surface area contributed by atoms with Crippen LogP contribution in [0.15, 0.2) is 66.7 Å². The minimum atomic E-state index is -0.342. The molecule has 0 saturated carbocycles. The highest BCUT2D eigenvalue weighted by atomic mass is 16.5. The van der Waals surface area contributed by atoms with Gasteiger partial charge in [-0.2, -0.15) is 0 Å². The average molecular weight is 500 g/mol. The highest BCUT2D eigenvalue weighted by Crippen LogP contribution is 2.33. The van der Waals surface area contributed by atoms with E-state index in [0.717, 1.165) is 55.3 Å². The van der Waals surface area contributed by atoms with Crippen molar-refractivity contribution in [3.05, 3.63) is 94.5 Å². The predicted octanol–water partition coefficient (Wildman–Crippen LogP) is 3.60. The third-order valence-corrected chi connectivity index (χ3v) is 6.97. The quantitative estimate of drug-likeness (QED) is 0.363. The van der Waals surface area contributed by atoms with Gasteiger partial charge in [-0.1, -0.05) is 30.3 Å². The molecule has 0 aliphatic carbocycles. The lowest BCUT2D eigenvalue weighted by atomic mass is 10.1. The van der Waals surface area contributed by atoms with Crippen molar-refractivity contribution in [3.63, 3.8) is 0 Å². The van der Waals surface area contributed by atoms with E-state index < -0.39 is 0 Å². The summed E-state index contributed by atoms with van der Waals surface area (Å²) < 4.78 is 9.96. The number of esters is 1. The number of ether oxygens (including phenoxy) is 2. The molecule has 8 heteroatoms. The molecular formula is C29H29N3O5. The van der Waals surface area contributed by atoms with E-state index >= 15 is 0 Å². The molecule has 1 fully saturated rings. The number of rotatable bonds is 7. The number of piperazine rings is 1. The number of hydrogen-bond acceptors (Lipinski definition) is 7. The molecule has 0 N–H and O–H groups in total. The Kier molecular flexibility index (Phi) is 6.92. The van der Waals surface area contributed by atoms with Crippen LogP contribution in [0.2, 0.25) is 0 Å². The van der Waals surface area contributed by atoms with Gasteiger partial charge in [0, 0.05) is 32.7 Å². The average Bonchev–Trinajstić information content (AvgIpc) is 3.18. The summed E-state index contributed by atoms with van der Waals surface area (Å²) in [5.41, 5.74) is 4.29. The Morgan fingerprint density at radius 2 is 1.43 bits per heavy atom. The lowest BCUT2D eigenvalue weighted by Gasteiger charge is -2.36. The molecule has 190 valence electrons. The fourth-order valence-corrected chi connectivity index (χ4v) is 4.91. The summed E-state index contributed by atoms with van der Waals surface area (Å²) >= 11 is 0. The first-order valence-electron chi connectivity index (χ1n) is 12.2. The lowest BCUT2D eigenvalue weighted by molar-refractivity contribution is 0.0597. The maximum absolute atomic E-state index is 13.4. The standard InChI is InChI=1S/C29H29N3O5/c1-36-23-12-8-21(9-13-23)19-32-27(33)24-4-3-5-25(26(24)28(32)34)31-16-14-30(15-17-31)18-20-6-10-22(11-7-20)29(35)37-2/h3-13H,14-19H2,1-2H3. The normalized spacial score (nSPS) is 15.6. The van der Waals surface area contributed by atoms with Gasteiger partial charge in [0.25, 0.3) is 11.8 Å². The lowest BCUT2D eigenvalue weighted by Crippen LogP contribution is -2.46. The number of carbonyl (C=O) groups is 3. The van der Waals surface area contributed by atoms with Crippen LogP contribution in [-0.2, 0) is 17.8 Å². The Morgan fingerprint density at radius 3 is 2.08 bits per heavy atom. The van der Waals surface area contributed by atoms with Crippen molar-refractivity contribution in [2.75, 3.05) is 45.3 Å². The SMILES string of the molecule is COC(=O)c1ccc(CN2CCN(c3cccc4c3C(=O)N(Cc3ccc(OC)cc3)C4=O)CC2)cc1. The van der Waals surface area contributed by atoms with Crippen LogP contribution < -0.4 is 9.64 Å². The monoisotopic (exact) mass is 499 g/mol. The number of methoxy groups -OCH3 is 2. The van der Waals surface area contributed by atoms with Gasteiger partial charge in [0.1, 0.15) is 5.75 Å². The van der Waals surface area contributed by atoms with Gasteiger partial charge in [0.05, 0.1) is 43.1 Å².